The largest absolute Gasteiger partial charge is 0.416 e. The maximum absolute atomic E-state index is 13.4. The minimum absolute atomic E-state index is 0.0929. The predicted octanol–water partition coefficient (Wildman–Crippen LogP) is 4.99. The predicted molar refractivity (Wildman–Crippen MR) is 119 cm³/mol. The van der Waals surface area contributed by atoms with E-state index in [1.807, 2.05) is 4.57 Å². The minimum atomic E-state index is -4.56. The number of ketones is 1. The zero-order chi connectivity index (χ0) is 23.7. The maximum atomic E-state index is 13.4. The number of rotatable bonds is 8. The lowest BCUT2D eigenvalue weighted by molar-refractivity contribution is -0.138. The highest BCUT2D eigenvalue weighted by atomic mass is 35.5. The summed E-state index contributed by atoms with van der Waals surface area (Å²) in [5.74, 6) is -0.445. The van der Waals surface area contributed by atoms with Crippen molar-refractivity contribution in [2.24, 2.45) is 0 Å². The molecule has 0 amide bonds. The van der Waals surface area contributed by atoms with Crippen molar-refractivity contribution in [2.45, 2.75) is 32.5 Å². The first-order chi connectivity index (χ1) is 14.9. The fraction of sp³-hybridized carbons (Fsp3) is 0.318. The number of hydrogen-bond acceptors (Lipinski definition) is 3. The van der Waals surface area contributed by atoms with Gasteiger partial charge in [-0.15, -0.1) is 0 Å². The zero-order valence-electron chi connectivity index (χ0n) is 17.5. The molecule has 3 aromatic rings. The first kappa shape index (κ1) is 24.3. The van der Waals surface area contributed by atoms with Crippen LogP contribution in [-0.2, 0) is 29.2 Å². The number of sulfonamides is 1. The second-order valence-electron chi connectivity index (χ2n) is 7.52. The molecular formula is C22H22ClF3N2O3S. The Morgan fingerprint density at radius 1 is 1.12 bits per heavy atom. The van der Waals surface area contributed by atoms with Gasteiger partial charge in [0.2, 0.25) is 10.0 Å². The summed E-state index contributed by atoms with van der Waals surface area (Å²) in [7, 11) is -3.33. The van der Waals surface area contributed by atoms with E-state index in [-0.39, 0.29) is 12.1 Å². The van der Waals surface area contributed by atoms with Crippen molar-refractivity contribution < 1.29 is 26.4 Å². The van der Waals surface area contributed by atoms with Gasteiger partial charge in [0.1, 0.15) is 0 Å². The van der Waals surface area contributed by atoms with Gasteiger partial charge < -0.3 is 4.57 Å². The van der Waals surface area contributed by atoms with Crippen LogP contribution in [0.3, 0.4) is 0 Å². The molecule has 3 rings (SSSR count). The lowest BCUT2D eigenvalue weighted by atomic mass is 9.97. The molecule has 0 bridgehead atoms. The van der Waals surface area contributed by atoms with Gasteiger partial charge in [-0.3, -0.25) is 4.79 Å². The molecule has 1 aromatic heterocycles. The van der Waals surface area contributed by atoms with Crippen molar-refractivity contribution >= 4 is 38.3 Å². The van der Waals surface area contributed by atoms with Crippen LogP contribution in [0.15, 0.2) is 42.5 Å². The van der Waals surface area contributed by atoms with Gasteiger partial charge in [0.15, 0.2) is 5.78 Å². The normalized spacial score (nSPS) is 12.4. The Bertz CT molecular complexity index is 1270. The van der Waals surface area contributed by atoms with E-state index in [9.17, 15) is 26.4 Å². The Morgan fingerprint density at radius 3 is 2.47 bits per heavy atom. The van der Waals surface area contributed by atoms with Gasteiger partial charge in [0.05, 0.1) is 22.4 Å². The first-order valence-corrected chi connectivity index (χ1v) is 12.1. The molecule has 0 saturated carbocycles. The molecule has 0 aliphatic rings. The van der Waals surface area contributed by atoms with E-state index in [1.165, 1.54) is 18.2 Å². The van der Waals surface area contributed by atoms with Gasteiger partial charge in [-0.05, 0) is 31.0 Å². The number of aryl methyl sites for hydroxylation is 1. The highest BCUT2D eigenvalue weighted by Gasteiger charge is 2.34. The van der Waals surface area contributed by atoms with E-state index < -0.39 is 34.0 Å². The van der Waals surface area contributed by atoms with Crippen LogP contribution in [0.5, 0.6) is 0 Å². The van der Waals surface area contributed by atoms with Crippen molar-refractivity contribution in [3.8, 4) is 0 Å². The molecule has 0 radical (unpaired) electrons. The molecule has 2 aromatic carbocycles. The van der Waals surface area contributed by atoms with Crippen LogP contribution in [0.2, 0.25) is 5.02 Å². The van der Waals surface area contributed by atoms with Crippen LogP contribution in [-0.4, -0.2) is 31.6 Å². The Hall–Kier alpha value is -2.36. The summed E-state index contributed by atoms with van der Waals surface area (Å²) >= 11 is 6.39. The lowest BCUT2D eigenvalue weighted by Gasteiger charge is -2.12. The number of alkyl halides is 3. The SMILES string of the molecule is Cc1c(C(=O)Cc2ccccc2C(F)(F)F)c2cccc(Cl)c2n1CCCNS(C)(=O)=O. The molecule has 0 spiro atoms. The van der Waals surface area contributed by atoms with E-state index in [4.69, 9.17) is 11.6 Å². The zero-order valence-corrected chi connectivity index (χ0v) is 19.0. The molecule has 0 atom stereocenters. The average Bonchev–Trinajstić information content (AvgIpc) is 2.97. The highest BCUT2D eigenvalue weighted by molar-refractivity contribution is 7.88. The molecule has 1 N–H and O–H groups in total. The van der Waals surface area contributed by atoms with Crippen molar-refractivity contribution in [1.82, 2.24) is 9.29 Å². The monoisotopic (exact) mass is 486 g/mol. The van der Waals surface area contributed by atoms with Crippen molar-refractivity contribution in [3.63, 3.8) is 0 Å². The minimum Gasteiger partial charge on any atom is -0.343 e. The number of hydrogen-bond donors (Lipinski definition) is 1. The molecule has 0 aliphatic carbocycles. The van der Waals surface area contributed by atoms with Gasteiger partial charge in [0, 0.05) is 36.2 Å². The number of halogens is 4. The lowest BCUT2D eigenvalue weighted by Crippen LogP contribution is -2.24. The maximum Gasteiger partial charge on any atom is 0.416 e. The van der Waals surface area contributed by atoms with Gasteiger partial charge in [0.25, 0.3) is 0 Å². The summed E-state index contributed by atoms with van der Waals surface area (Å²) in [5, 5.41) is 0.956. The smallest absolute Gasteiger partial charge is 0.343 e. The molecule has 0 fully saturated rings. The van der Waals surface area contributed by atoms with Crippen LogP contribution in [0.1, 0.15) is 33.6 Å². The highest BCUT2D eigenvalue weighted by Crippen LogP contribution is 2.35. The number of aromatic nitrogens is 1. The second kappa shape index (κ2) is 9.25. The molecule has 0 unspecified atom stereocenters. The number of para-hydroxylation sites is 1. The average molecular weight is 487 g/mol. The molecule has 172 valence electrons. The quantitative estimate of drug-likeness (QED) is 0.360. The van der Waals surface area contributed by atoms with Crippen LogP contribution >= 0.6 is 11.6 Å². The summed E-state index contributed by atoms with van der Waals surface area (Å²) in [6, 6.07) is 10.1. The molecule has 1 heterocycles. The fourth-order valence-electron chi connectivity index (χ4n) is 3.83. The summed E-state index contributed by atoms with van der Waals surface area (Å²) in [6.07, 6.45) is -3.46. The third-order valence-electron chi connectivity index (χ3n) is 5.17. The number of nitrogens with one attached hydrogen (secondary N) is 1. The fourth-order valence-corrected chi connectivity index (χ4v) is 4.62. The van der Waals surface area contributed by atoms with Crippen molar-refractivity contribution in [2.75, 3.05) is 12.8 Å². The summed E-state index contributed by atoms with van der Waals surface area (Å²) in [5.41, 5.74) is 0.556. The van der Waals surface area contributed by atoms with Crippen LogP contribution in [0, 0.1) is 6.92 Å². The van der Waals surface area contributed by atoms with Crippen LogP contribution in [0.4, 0.5) is 13.2 Å². The molecule has 0 aliphatic heterocycles. The number of carbonyl (C=O) groups excluding carboxylic acids is 1. The summed E-state index contributed by atoms with van der Waals surface area (Å²) < 4.78 is 66.9. The molecule has 0 saturated heterocycles. The summed E-state index contributed by atoms with van der Waals surface area (Å²) in [4.78, 5) is 13.2. The van der Waals surface area contributed by atoms with E-state index in [0.717, 1.165) is 12.3 Å². The van der Waals surface area contributed by atoms with E-state index in [0.29, 0.717) is 40.1 Å². The first-order valence-electron chi connectivity index (χ1n) is 9.80. The van der Waals surface area contributed by atoms with Gasteiger partial charge >= 0.3 is 6.18 Å². The van der Waals surface area contributed by atoms with Crippen LogP contribution in [0.25, 0.3) is 10.9 Å². The van der Waals surface area contributed by atoms with Crippen LogP contribution < -0.4 is 4.72 Å². The third-order valence-corrected chi connectivity index (χ3v) is 6.20. The number of Topliss-reactive ketones (excluding diaryl/α,β-unsaturated/α-hetero) is 1. The van der Waals surface area contributed by atoms with E-state index in [1.54, 1.807) is 25.1 Å². The van der Waals surface area contributed by atoms with E-state index in [2.05, 4.69) is 4.72 Å². The van der Waals surface area contributed by atoms with Gasteiger partial charge in [-0.25, -0.2) is 13.1 Å². The van der Waals surface area contributed by atoms with Gasteiger partial charge in [-0.1, -0.05) is 41.9 Å². The van der Waals surface area contributed by atoms with Crippen molar-refractivity contribution in [1.29, 1.82) is 0 Å². The Kier molecular flexibility index (Phi) is 7.02. The third kappa shape index (κ3) is 5.33. The second-order valence-corrected chi connectivity index (χ2v) is 9.76. The number of nitrogens with zero attached hydrogens (tertiary/aromatic N) is 1. The number of carbonyl (C=O) groups is 1. The Labute approximate surface area is 189 Å². The standard InChI is InChI=1S/C22H22ClF3N2O3S/c1-14-20(19(29)13-15-7-3-4-9-17(15)22(24,25)26)16-8-5-10-18(23)21(16)28(14)12-6-11-27-32(2,30)31/h3-5,7-10,27H,6,11-13H2,1-2H3. The van der Waals surface area contributed by atoms with E-state index >= 15 is 0 Å². The number of benzene rings is 2. The topological polar surface area (TPSA) is 68.2 Å². The Balaban J connectivity index is 1.98. The molecule has 32 heavy (non-hydrogen) atoms. The van der Waals surface area contributed by atoms with Gasteiger partial charge in [-0.2, -0.15) is 13.2 Å². The molecular weight excluding hydrogens is 465 g/mol. The Morgan fingerprint density at radius 2 is 1.81 bits per heavy atom. The summed E-state index contributed by atoms with van der Waals surface area (Å²) in [6.45, 7) is 2.29. The van der Waals surface area contributed by atoms with Crippen molar-refractivity contribution in [3.05, 3.63) is 69.9 Å². The molecule has 10 heteroatoms. The molecule has 5 nitrogen and oxygen atoms in total. The number of fused-ring (bicyclic) bond motifs is 1.